The molecule has 178 valence electrons. The molecule has 3 aromatic carbocycles. The number of nitrogens with one attached hydrogen (secondary N) is 2. The minimum Gasteiger partial charge on any atom is -0.491 e. The first-order chi connectivity index (χ1) is 16.1. The number of carboxylic acid groups (broad SMARTS) is 1. The van der Waals surface area contributed by atoms with Crippen LogP contribution in [0.4, 0.5) is 10.1 Å². The molecular weight excluding hydrogens is 463 g/mol. The Morgan fingerprint density at radius 3 is 2.32 bits per heavy atom. The third kappa shape index (κ3) is 7.12. The van der Waals surface area contributed by atoms with Crippen LogP contribution in [0.5, 0.6) is 5.75 Å². The molecule has 8 nitrogen and oxygen atoms in total. The van der Waals surface area contributed by atoms with Gasteiger partial charge in [-0.05, 0) is 66.6 Å². The number of amides is 1. The Morgan fingerprint density at radius 2 is 1.71 bits per heavy atom. The van der Waals surface area contributed by atoms with E-state index in [9.17, 15) is 22.4 Å². The highest BCUT2D eigenvalue weighted by molar-refractivity contribution is 7.89. The van der Waals surface area contributed by atoms with Crippen molar-refractivity contribution < 1.29 is 32.2 Å². The Hall–Kier alpha value is -3.76. The lowest BCUT2D eigenvalue weighted by Gasteiger charge is -2.19. The van der Waals surface area contributed by atoms with Crippen molar-refractivity contribution in [2.75, 3.05) is 11.9 Å². The summed E-state index contributed by atoms with van der Waals surface area (Å²) in [4.78, 5) is 23.6. The van der Waals surface area contributed by atoms with Gasteiger partial charge in [-0.1, -0.05) is 24.3 Å². The molecule has 0 heterocycles. The molecule has 10 heteroatoms. The predicted molar refractivity (Wildman–Crippen MR) is 124 cm³/mol. The van der Waals surface area contributed by atoms with Crippen molar-refractivity contribution in [3.63, 3.8) is 0 Å². The first kappa shape index (κ1) is 24.9. The number of halogens is 1. The third-order valence-corrected chi connectivity index (χ3v) is 6.21. The molecule has 1 atom stereocenters. The zero-order valence-electron chi connectivity index (χ0n) is 18.2. The fraction of sp³-hybridized carbons (Fsp3) is 0.167. The van der Waals surface area contributed by atoms with Crippen LogP contribution in [0.15, 0.2) is 77.7 Å². The number of hydrogen-bond donors (Lipinski definition) is 3. The minimum absolute atomic E-state index is 0.168. The molecule has 34 heavy (non-hydrogen) atoms. The van der Waals surface area contributed by atoms with E-state index in [2.05, 4.69) is 10.0 Å². The second-order valence-corrected chi connectivity index (χ2v) is 9.23. The summed E-state index contributed by atoms with van der Waals surface area (Å²) >= 11 is 0. The number of aliphatic carboxylic acids is 1. The molecule has 0 aliphatic rings. The number of carbonyl (C=O) groups excluding carboxylic acids is 1. The highest BCUT2D eigenvalue weighted by atomic mass is 32.2. The van der Waals surface area contributed by atoms with Gasteiger partial charge in [0.15, 0.2) is 0 Å². The summed E-state index contributed by atoms with van der Waals surface area (Å²) < 4.78 is 46.8. The quantitative estimate of drug-likeness (QED) is 0.405. The largest absolute Gasteiger partial charge is 0.491 e. The van der Waals surface area contributed by atoms with Gasteiger partial charge in [-0.15, -0.1) is 0 Å². The minimum atomic E-state index is -4.17. The van der Waals surface area contributed by atoms with Gasteiger partial charge in [0.25, 0.3) is 0 Å². The maximum Gasteiger partial charge on any atom is 0.307 e. The average molecular weight is 487 g/mol. The Labute approximate surface area is 196 Å². The number of carbonyl (C=O) groups is 2. The lowest BCUT2D eigenvalue weighted by molar-refractivity contribution is -0.136. The normalized spacial score (nSPS) is 12.1. The maximum atomic E-state index is 13.2. The summed E-state index contributed by atoms with van der Waals surface area (Å²) in [5.41, 5.74) is 1.81. The van der Waals surface area contributed by atoms with Crippen LogP contribution in [0.3, 0.4) is 0 Å². The highest BCUT2D eigenvalue weighted by Crippen LogP contribution is 2.16. The van der Waals surface area contributed by atoms with Crippen LogP contribution in [0.25, 0.3) is 0 Å². The van der Waals surface area contributed by atoms with Crippen LogP contribution in [-0.4, -0.2) is 38.0 Å². The smallest absolute Gasteiger partial charge is 0.307 e. The molecule has 3 aromatic rings. The zero-order valence-corrected chi connectivity index (χ0v) is 19.0. The fourth-order valence-corrected chi connectivity index (χ4v) is 4.21. The monoisotopic (exact) mass is 486 g/mol. The Bertz CT molecular complexity index is 1260. The third-order valence-electron chi connectivity index (χ3n) is 4.72. The highest BCUT2D eigenvalue weighted by Gasteiger charge is 2.27. The molecular formula is C24H23FN2O6S. The van der Waals surface area contributed by atoms with Crippen LogP contribution < -0.4 is 14.8 Å². The maximum absolute atomic E-state index is 13.2. The standard InChI is InChI=1S/C24H23FN2O6S/c1-16-3-2-4-20(13-16)33-15-22(27-34(31,32)21-11-7-18(25)8-12-21)24(30)26-19-9-5-17(6-10-19)14-23(28)29/h2-13,22,27H,14-15H2,1H3,(H,26,30)(H,28,29). The molecule has 0 aliphatic heterocycles. The molecule has 1 unspecified atom stereocenters. The fourth-order valence-electron chi connectivity index (χ4n) is 3.03. The lowest BCUT2D eigenvalue weighted by Crippen LogP contribution is -2.47. The molecule has 0 aliphatic carbocycles. The van der Waals surface area contributed by atoms with Crippen LogP contribution in [0.2, 0.25) is 0 Å². The molecule has 0 saturated heterocycles. The van der Waals surface area contributed by atoms with Crippen LogP contribution in [0.1, 0.15) is 11.1 Å². The van der Waals surface area contributed by atoms with Crippen molar-refractivity contribution in [2.45, 2.75) is 24.3 Å². The van der Waals surface area contributed by atoms with Gasteiger partial charge in [0.05, 0.1) is 11.3 Å². The molecule has 1 amide bonds. The van der Waals surface area contributed by atoms with Crippen molar-refractivity contribution in [1.29, 1.82) is 0 Å². The Morgan fingerprint density at radius 1 is 1.03 bits per heavy atom. The zero-order chi connectivity index (χ0) is 24.7. The number of sulfonamides is 1. The molecule has 0 saturated carbocycles. The molecule has 0 aromatic heterocycles. The van der Waals surface area contributed by atoms with Gasteiger partial charge in [-0.3, -0.25) is 9.59 Å². The van der Waals surface area contributed by atoms with E-state index in [0.717, 1.165) is 29.8 Å². The van der Waals surface area contributed by atoms with Gasteiger partial charge in [-0.25, -0.2) is 12.8 Å². The van der Waals surface area contributed by atoms with E-state index in [4.69, 9.17) is 9.84 Å². The van der Waals surface area contributed by atoms with E-state index in [1.54, 1.807) is 30.3 Å². The number of aryl methyl sites for hydroxylation is 1. The SMILES string of the molecule is Cc1cccc(OCC(NS(=O)(=O)c2ccc(F)cc2)C(=O)Nc2ccc(CC(=O)O)cc2)c1. The van der Waals surface area contributed by atoms with Crippen LogP contribution >= 0.6 is 0 Å². The van der Waals surface area contributed by atoms with Gasteiger partial charge in [-0.2, -0.15) is 4.72 Å². The number of ether oxygens (including phenoxy) is 1. The van der Waals surface area contributed by atoms with Gasteiger partial charge in [0.1, 0.15) is 24.2 Å². The Balaban J connectivity index is 1.78. The summed E-state index contributed by atoms with van der Waals surface area (Å²) in [6.07, 6.45) is -0.168. The van der Waals surface area contributed by atoms with Crippen molar-refractivity contribution in [3.8, 4) is 5.75 Å². The molecule has 0 spiro atoms. The molecule has 3 rings (SSSR count). The van der Waals surface area contributed by atoms with Gasteiger partial charge >= 0.3 is 5.97 Å². The molecule has 0 radical (unpaired) electrons. The van der Waals surface area contributed by atoms with E-state index in [1.807, 2.05) is 13.0 Å². The average Bonchev–Trinajstić information content (AvgIpc) is 2.78. The number of rotatable bonds is 10. The van der Waals surface area contributed by atoms with Crippen molar-refractivity contribution in [2.24, 2.45) is 0 Å². The summed E-state index contributed by atoms with van der Waals surface area (Å²) in [5, 5.41) is 11.5. The van der Waals surface area contributed by atoms with Crippen molar-refractivity contribution >= 4 is 27.6 Å². The number of hydrogen-bond acceptors (Lipinski definition) is 5. The lowest BCUT2D eigenvalue weighted by atomic mass is 10.1. The topological polar surface area (TPSA) is 122 Å². The molecule has 0 bridgehead atoms. The first-order valence-corrected chi connectivity index (χ1v) is 11.7. The predicted octanol–water partition coefficient (Wildman–Crippen LogP) is 3.13. The van der Waals surface area contributed by atoms with Crippen LogP contribution in [-0.2, 0) is 26.0 Å². The summed E-state index contributed by atoms with van der Waals surface area (Å²) in [5.74, 6) is -1.82. The van der Waals surface area contributed by atoms with Crippen molar-refractivity contribution in [3.05, 3.63) is 89.7 Å². The Kier molecular flexibility index (Phi) is 7.98. The number of anilines is 1. The van der Waals surface area contributed by atoms with E-state index in [1.165, 1.54) is 12.1 Å². The van der Waals surface area contributed by atoms with E-state index in [-0.39, 0.29) is 17.9 Å². The summed E-state index contributed by atoms with van der Waals surface area (Å²) in [7, 11) is -4.17. The van der Waals surface area contributed by atoms with Gasteiger partial charge in [0, 0.05) is 5.69 Å². The van der Waals surface area contributed by atoms with Crippen molar-refractivity contribution in [1.82, 2.24) is 4.72 Å². The molecule has 0 fully saturated rings. The second-order valence-electron chi connectivity index (χ2n) is 7.51. The first-order valence-electron chi connectivity index (χ1n) is 10.2. The van der Waals surface area contributed by atoms with Crippen LogP contribution in [0, 0.1) is 12.7 Å². The number of benzene rings is 3. The summed E-state index contributed by atoms with van der Waals surface area (Å²) in [6, 6.07) is 16.0. The second kappa shape index (κ2) is 10.9. The summed E-state index contributed by atoms with van der Waals surface area (Å²) in [6.45, 7) is 1.55. The van der Waals surface area contributed by atoms with E-state index >= 15 is 0 Å². The van der Waals surface area contributed by atoms with E-state index in [0.29, 0.717) is 17.0 Å². The van der Waals surface area contributed by atoms with E-state index < -0.39 is 33.8 Å². The number of carboxylic acids is 1. The van der Waals surface area contributed by atoms with Gasteiger partial charge < -0.3 is 15.2 Å². The molecule has 3 N–H and O–H groups in total. The van der Waals surface area contributed by atoms with Gasteiger partial charge in [0.2, 0.25) is 15.9 Å².